The van der Waals surface area contributed by atoms with Crippen LogP contribution >= 0.6 is 0 Å². The molecular formula is C8H5FN2O. The van der Waals surface area contributed by atoms with E-state index in [0.717, 1.165) is 6.20 Å². The molecule has 1 heterocycles. The molecule has 0 aliphatic rings. The van der Waals surface area contributed by atoms with E-state index in [2.05, 4.69) is 10.2 Å². The third-order valence-corrected chi connectivity index (χ3v) is 1.64. The van der Waals surface area contributed by atoms with Gasteiger partial charge >= 0.3 is 0 Å². The molecule has 0 aliphatic heterocycles. The second kappa shape index (κ2) is 2.41. The Morgan fingerprint density at radius 3 is 3.00 bits per heavy atom. The first-order valence-corrected chi connectivity index (χ1v) is 3.41. The molecule has 0 radical (unpaired) electrons. The molecule has 0 saturated heterocycles. The van der Waals surface area contributed by atoms with Crippen molar-refractivity contribution in [2.24, 2.45) is 0 Å². The molecule has 1 aromatic heterocycles. The van der Waals surface area contributed by atoms with Gasteiger partial charge in [-0.05, 0) is 12.1 Å². The second-order valence-corrected chi connectivity index (χ2v) is 2.40. The maximum atomic E-state index is 13.0. The number of nitrogens with zero attached hydrogens (tertiary/aromatic N) is 1. The van der Waals surface area contributed by atoms with E-state index >= 15 is 0 Å². The number of fused-ring (bicyclic) bond motifs is 1. The molecule has 1 N–H and O–H groups in total. The summed E-state index contributed by atoms with van der Waals surface area (Å²) in [6.45, 7) is 0. The molecule has 60 valence electrons. The molecule has 0 saturated carbocycles. The number of para-hydroxylation sites is 1. The summed E-state index contributed by atoms with van der Waals surface area (Å²) < 4.78 is 13.0. The van der Waals surface area contributed by atoms with Crippen LogP contribution in [0.25, 0.3) is 10.9 Å². The zero-order valence-corrected chi connectivity index (χ0v) is 6.04. The Morgan fingerprint density at radius 1 is 1.42 bits per heavy atom. The maximum absolute atomic E-state index is 13.0. The molecule has 4 heteroatoms. The van der Waals surface area contributed by atoms with Gasteiger partial charge in [0.1, 0.15) is 11.3 Å². The van der Waals surface area contributed by atoms with Crippen LogP contribution in [-0.4, -0.2) is 10.2 Å². The number of hydrogen-bond donors (Lipinski definition) is 1. The summed E-state index contributed by atoms with van der Waals surface area (Å²) in [5.41, 5.74) is -0.117. The molecule has 1 aromatic carbocycles. The topological polar surface area (TPSA) is 45.8 Å². The molecule has 0 bridgehead atoms. The fourth-order valence-electron chi connectivity index (χ4n) is 1.07. The standard InChI is InChI=1S/C8H5FN2O/c9-6-3-1-2-5-7(12)4-10-11-8(5)6/h1-4H,(H,11,12). The average molecular weight is 164 g/mol. The van der Waals surface area contributed by atoms with Crippen LogP contribution in [0.3, 0.4) is 0 Å². The van der Waals surface area contributed by atoms with E-state index < -0.39 is 5.82 Å². The first kappa shape index (κ1) is 6.97. The van der Waals surface area contributed by atoms with Crippen molar-refractivity contribution in [3.05, 3.63) is 40.4 Å². The van der Waals surface area contributed by atoms with Crippen LogP contribution in [0.4, 0.5) is 4.39 Å². The summed E-state index contributed by atoms with van der Waals surface area (Å²) in [4.78, 5) is 11.1. The minimum atomic E-state index is -0.460. The highest BCUT2D eigenvalue weighted by atomic mass is 19.1. The highest BCUT2D eigenvalue weighted by Gasteiger charge is 2.01. The van der Waals surface area contributed by atoms with Crippen LogP contribution < -0.4 is 5.43 Å². The lowest BCUT2D eigenvalue weighted by atomic mass is 10.2. The summed E-state index contributed by atoms with van der Waals surface area (Å²) in [5, 5.41) is 6.25. The number of aromatic nitrogens is 2. The first-order chi connectivity index (χ1) is 5.79. The smallest absolute Gasteiger partial charge is 0.208 e. The molecule has 0 aliphatic carbocycles. The van der Waals surface area contributed by atoms with Crippen LogP contribution in [0.1, 0.15) is 0 Å². The normalized spacial score (nSPS) is 10.4. The first-order valence-electron chi connectivity index (χ1n) is 3.41. The lowest BCUT2D eigenvalue weighted by molar-refractivity contribution is 0.635. The predicted octanol–water partition coefficient (Wildman–Crippen LogP) is 1.06. The molecule has 2 aromatic rings. The minimum Gasteiger partial charge on any atom is -0.287 e. The van der Waals surface area contributed by atoms with Crippen molar-refractivity contribution < 1.29 is 4.39 Å². The summed E-state index contributed by atoms with van der Waals surface area (Å²) >= 11 is 0. The van der Waals surface area contributed by atoms with Gasteiger partial charge in [-0.3, -0.25) is 9.89 Å². The largest absolute Gasteiger partial charge is 0.287 e. The summed E-state index contributed by atoms with van der Waals surface area (Å²) in [7, 11) is 0. The molecule has 2 rings (SSSR count). The van der Waals surface area contributed by atoms with E-state index in [1.54, 1.807) is 6.07 Å². The Hall–Kier alpha value is -1.71. The van der Waals surface area contributed by atoms with E-state index in [0.29, 0.717) is 5.39 Å². The second-order valence-electron chi connectivity index (χ2n) is 2.40. The quantitative estimate of drug-likeness (QED) is 0.632. The van der Waals surface area contributed by atoms with Gasteiger partial charge in [0, 0.05) is 0 Å². The van der Waals surface area contributed by atoms with Crippen molar-refractivity contribution in [2.45, 2.75) is 0 Å². The van der Waals surface area contributed by atoms with Gasteiger partial charge in [-0.25, -0.2) is 4.39 Å². The Labute approximate surface area is 66.8 Å². The SMILES string of the molecule is O=c1cn[nH]c2c(F)cccc12. The van der Waals surface area contributed by atoms with Crippen LogP contribution in [0.15, 0.2) is 29.2 Å². The fourth-order valence-corrected chi connectivity index (χ4v) is 1.07. The highest BCUT2D eigenvalue weighted by Crippen LogP contribution is 2.08. The Kier molecular flexibility index (Phi) is 1.40. The highest BCUT2D eigenvalue weighted by molar-refractivity contribution is 5.77. The van der Waals surface area contributed by atoms with Gasteiger partial charge in [-0.15, -0.1) is 0 Å². The average Bonchev–Trinajstić information content (AvgIpc) is 2.07. The summed E-state index contributed by atoms with van der Waals surface area (Å²) in [6.07, 6.45) is 1.13. The van der Waals surface area contributed by atoms with Crippen molar-refractivity contribution in [2.75, 3.05) is 0 Å². The van der Waals surface area contributed by atoms with Crippen molar-refractivity contribution in [1.82, 2.24) is 10.2 Å². The van der Waals surface area contributed by atoms with Gasteiger partial charge in [0.25, 0.3) is 0 Å². The molecule has 0 fully saturated rings. The monoisotopic (exact) mass is 164 g/mol. The van der Waals surface area contributed by atoms with Gasteiger partial charge in [-0.1, -0.05) is 6.07 Å². The van der Waals surface area contributed by atoms with Crippen molar-refractivity contribution in [3.63, 3.8) is 0 Å². The third-order valence-electron chi connectivity index (χ3n) is 1.64. The number of hydrogen-bond acceptors (Lipinski definition) is 2. The van der Waals surface area contributed by atoms with Gasteiger partial charge < -0.3 is 0 Å². The maximum Gasteiger partial charge on any atom is 0.208 e. The number of benzene rings is 1. The van der Waals surface area contributed by atoms with Crippen LogP contribution in [0.5, 0.6) is 0 Å². The number of nitrogens with one attached hydrogen (secondary N) is 1. The lowest BCUT2D eigenvalue weighted by Gasteiger charge is -1.95. The summed E-state index contributed by atoms with van der Waals surface area (Å²) in [6, 6.07) is 4.33. The Morgan fingerprint density at radius 2 is 2.25 bits per heavy atom. The van der Waals surface area contributed by atoms with Crippen molar-refractivity contribution in [3.8, 4) is 0 Å². The molecule has 0 amide bonds. The predicted molar refractivity (Wildman–Crippen MR) is 42.3 cm³/mol. The number of rotatable bonds is 0. The van der Waals surface area contributed by atoms with E-state index in [9.17, 15) is 9.18 Å². The van der Waals surface area contributed by atoms with Gasteiger partial charge in [0.2, 0.25) is 5.43 Å². The fraction of sp³-hybridized carbons (Fsp3) is 0. The van der Waals surface area contributed by atoms with Crippen molar-refractivity contribution >= 4 is 10.9 Å². The summed E-state index contributed by atoms with van der Waals surface area (Å²) in [5.74, 6) is -0.460. The zero-order chi connectivity index (χ0) is 8.55. The van der Waals surface area contributed by atoms with Crippen molar-refractivity contribution in [1.29, 1.82) is 0 Å². The lowest BCUT2D eigenvalue weighted by Crippen LogP contribution is -2.03. The molecular weight excluding hydrogens is 159 g/mol. The van der Waals surface area contributed by atoms with Gasteiger partial charge in [0.05, 0.1) is 11.6 Å². The zero-order valence-electron chi connectivity index (χ0n) is 6.04. The number of halogens is 1. The van der Waals surface area contributed by atoms with E-state index in [1.165, 1.54) is 12.1 Å². The van der Waals surface area contributed by atoms with E-state index in [4.69, 9.17) is 0 Å². The third kappa shape index (κ3) is 0.887. The number of aromatic amines is 1. The minimum absolute atomic E-state index is 0.157. The van der Waals surface area contributed by atoms with Gasteiger partial charge in [0.15, 0.2) is 0 Å². The van der Waals surface area contributed by atoms with Gasteiger partial charge in [-0.2, -0.15) is 5.10 Å². The van der Waals surface area contributed by atoms with E-state index in [1.807, 2.05) is 0 Å². The Balaban J connectivity index is 3.05. The molecule has 12 heavy (non-hydrogen) atoms. The van der Waals surface area contributed by atoms with Crippen LogP contribution in [0, 0.1) is 5.82 Å². The molecule has 0 spiro atoms. The molecule has 3 nitrogen and oxygen atoms in total. The molecule has 0 unspecified atom stereocenters. The van der Waals surface area contributed by atoms with Crippen LogP contribution in [-0.2, 0) is 0 Å². The van der Waals surface area contributed by atoms with Crippen LogP contribution in [0.2, 0.25) is 0 Å². The van der Waals surface area contributed by atoms with E-state index in [-0.39, 0.29) is 10.9 Å². The number of H-pyrrole nitrogens is 1. The molecule has 0 atom stereocenters. The Bertz CT molecular complexity index is 478.